The Bertz CT molecular complexity index is 528. The Labute approximate surface area is 130 Å². The minimum Gasteiger partial charge on any atom is -0.349 e. The summed E-state index contributed by atoms with van der Waals surface area (Å²) >= 11 is 2.01. The van der Waals surface area contributed by atoms with Gasteiger partial charge in [0.25, 0.3) is 11.6 Å². The number of nitro benzene ring substituents is 1. The molecule has 1 aromatic carbocycles. The maximum Gasteiger partial charge on any atom is 0.270 e. The number of nitrogens with one attached hydrogen (secondary N) is 1. The molecule has 0 aromatic heterocycles. The van der Waals surface area contributed by atoms with Crippen molar-refractivity contribution in [2.24, 2.45) is 5.73 Å². The zero-order valence-corrected chi connectivity index (χ0v) is 13.0. The first kappa shape index (κ1) is 15.2. The Kier molecular flexibility index (Phi) is 4.92. The van der Waals surface area contributed by atoms with Crippen LogP contribution in [0.5, 0.6) is 0 Å². The molecule has 2 rings (SSSR count). The lowest BCUT2D eigenvalue weighted by Gasteiger charge is -2.26. The van der Waals surface area contributed by atoms with Crippen LogP contribution in [0.25, 0.3) is 0 Å². The van der Waals surface area contributed by atoms with Crippen LogP contribution in [0.1, 0.15) is 36.0 Å². The number of amides is 1. The van der Waals surface area contributed by atoms with Crippen molar-refractivity contribution in [1.82, 2.24) is 5.32 Å². The topological polar surface area (TPSA) is 98.3 Å². The van der Waals surface area contributed by atoms with Gasteiger partial charge in [-0.15, -0.1) is 0 Å². The van der Waals surface area contributed by atoms with Crippen molar-refractivity contribution < 1.29 is 9.72 Å². The fourth-order valence-electron chi connectivity index (χ4n) is 2.33. The van der Waals surface area contributed by atoms with E-state index in [4.69, 9.17) is 5.73 Å². The Morgan fingerprint density at radius 3 is 2.60 bits per heavy atom. The van der Waals surface area contributed by atoms with Gasteiger partial charge < -0.3 is 11.1 Å². The number of rotatable bonds is 3. The highest BCUT2D eigenvalue weighted by Crippen LogP contribution is 2.21. The quantitative estimate of drug-likeness (QED) is 0.471. The highest BCUT2D eigenvalue weighted by atomic mass is 127. The monoisotopic (exact) mass is 389 g/mol. The molecule has 1 aliphatic carbocycles. The van der Waals surface area contributed by atoms with Crippen LogP contribution in [0, 0.1) is 13.7 Å². The van der Waals surface area contributed by atoms with E-state index < -0.39 is 4.92 Å². The van der Waals surface area contributed by atoms with Gasteiger partial charge in [0.2, 0.25) is 0 Å². The van der Waals surface area contributed by atoms with Gasteiger partial charge in [0.05, 0.1) is 10.5 Å². The number of hydrogen-bond acceptors (Lipinski definition) is 4. The summed E-state index contributed by atoms with van der Waals surface area (Å²) in [6.07, 6.45) is 3.52. The third-order valence-electron chi connectivity index (χ3n) is 3.51. The lowest BCUT2D eigenvalue weighted by Crippen LogP contribution is -2.40. The van der Waals surface area contributed by atoms with Gasteiger partial charge >= 0.3 is 0 Å². The van der Waals surface area contributed by atoms with Crippen LogP contribution < -0.4 is 11.1 Å². The summed E-state index contributed by atoms with van der Waals surface area (Å²) in [4.78, 5) is 22.5. The summed E-state index contributed by atoms with van der Waals surface area (Å²) in [5, 5.41) is 13.7. The van der Waals surface area contributed by atoms with E-state index >= 15 is 0 Å². The molecular formula is C13H16IN3O3. The van der Waals surface area contributed by atoms with E-state index in [2.05, 4.69) is 5.32 Å². The molecule has 6 nitrogen and oxygen atoms in total. The molecule has 0 spiro atoms. The molecular weight excluding hydrogens is 373 g/mol. The van der Waals surface area contributed by atoms with Gasteiger partial charge in [-0.1, -0.05) is 0 Å². The van der Waals surface area contributed by atoms with Crippen molar-refractivity contribution in [1.29, 1.82) is 0 Å². The normalized spacial score (nSPS) is 22.3. The lowest BCUT2D eigenvalue weighted by atomic mass is 9.91. The Morgan fingerprint density at radius 1 is 1.35 bits per heavy atom. The first-order chi connectivity index (χ1) is 9.47. The molecule has 1 saturated carbocycles. The molecule has 108 valence electrons. The molecule has 1 aliphatic rings. The van der Waals surface area contributed by atoms with Gasteiger partial charge in [0.1, 0.15) is 0 Å². The molecule has 0 saturated heterocycles. The van der Waals surface area contributed by atoms with E-state index in [0.29, 0.717) is 9.13 Å². The molecule has 0 atom stereocenters. The smallest absolute Gasteiger partial charge is 0.270 e. The zero-order valence-electron chi connectivity index (χ0n) is 10.8. The number of hydrogen-bond donors (Lipinski definition) is 2. The van der Waals surface area contributed by atoms with Gasteiger partial charge in [-0.05, 0) is 54.3 Å². The van der Waals surface area contributed by atoms with Crippen LogP contribution in [-0.4, -0.2) is 22.9 Å². The molecule has 1 fully saturated rings. The van der Waals surface area contributed by atoms with Gasteiger partial charge in [-0.25, -0.2) is 0 Å². The van der Waals surface area contributed by atoms with Crippen LogP contribution >= 0.6 is 22.6 Å². The molecule has 0 aliphatic heterocycles. The number of carbonyl (C=O) groups excluding carboxylic acids is 1. The molecule has 0 bridgehead atoms. The van der Waals surface area contributed by atoms with E-state index in [-0.39, 0.29) is 23.7 Å². The maximum absolute atomic E-state index is 12.2. The number of nitro groups is 1. The molecule has 20 heavy (non-hydrogen) atoms. The van der Waals surface area contributed by atoms with E-state index in [1.807, 2.05) is 22.6 Å². The number of non-ortho nitro benzene ring substituents is 1. The van der Waals surface area contributed by atoms with Crippen LogP contribution in [0.2, 0.25) is 0 Å². The summed E-state index contributed by atoms with van der Waals surface area (Å²) < 4.78 is 0.707. The average molecular weight is 389 g/mol. The summed E-state index contributed by atoms with van der Waals surface area (Å²) in [5.41, 5.74) is 6.12. The second kappa shape index (κ2) is 6.49. The number of benzene rings is 1. The maximum atomic E-state index is 12.2. The van der Waals surface area contributed by atoms with Gasteiger partial charge in [-0.2, -0.15) is 0 Å². The molecule has 0 unspecified atom stereocenters. The van der Waals surface area contributed by atoms with E-state index in [0.717, 1.165) is 25.7 Å². The number of nitrogens with two attached hydrogens (primary N) is 1. The average Bonchev–Trinajstić information content (AvgIpc) is 2.41. The molecule has 0 radical (unpaired) electrons. The van der Waals surface area contributed by atoms with Gasteiger partial charge in [0.15, 0.2) is 0 Å². The second-order valence-electron chi connectivity index (χ2n) is 5.01. The largest absolute Gasteiger partial charge is 0.349 e. The van der Waals surface area contributed by atoms with Crippen LogP contribution in [0.3, 0.4) is 0 Å². The highest BCUT2D eigenvalue weighted by molar-refractivity contribution is 14.1. The highest BCUT2D eigenvalue weighted by Gasteiger charge is 2.22. The van der Waals surface area contributed by atoms with Crippen molar-refractivity contribution >= 4 is 34.2 Å². The van der Waals surface area contributed by atoms with Crippen molar-refractivity contribution in [2.75, 3.05) is 0 Å². The molecule has 1 amide bonds. The number of carbonyl (C=O) groups is 1. The number of nitrogens with zero attached hydrogens (tertiary/aromatic N) is 1. The third-order valence-corrected chi connectivity index (χ3v) is 4.45. The lowest BCUT2D eigenvalue weighted by molar-refractivity contribution is -0.384. The van der Waals surface area contributed by atoms with Gasteiger partial charge in [-0.3, -0.25) is 14.9 Å². The fraction of sp³-hybridized carbons (Fsp3) is 0.462. The molecule has 3 N–H and O–H groups in total. The van der Waals surface area contributed by atoms with Gasteiger partial charge in [0, 0.05) is 27.8 Å². The summed E-state index contributed by atoms with van der Waals surface area (Å²) in [5.74, 6) is -0.251. The minimum absolute atomic E-state index is 0.0683. The first-order valence-corrected chi connectivity index (χ1v) is 7.55. The van der Waals surface area contributed by atoms with Crippen LogP contribution in [0.15, 0.2) is 18.2 Å². The van der Waals surface area contributed by atoms with Crippen molar-refractivity contribution in [3.8, 4) is 0 Å². The summed E-state index contributed by atoms with van der Waals surface area (Å²) in [6.45, 7) is 0. The van der Waals surface area contributed by atoms with Crippen LogP contribution in [0.4, 0.5) is 5.69 Å². The first-order valence-electron chi connectivity index (χ1n) is 6.47. The zero-order chi connectivity index (χ0) is 14.7. The van der Waals surface area contributed by atoms with Crippen molar-refractivity contribution in [2.45, 2.75) is 37.8 Å². The Hall–Kier alpha value is -1.22. The minimum atomic E-state index is -0.494. The summed E-state index contributed by atoms with van der Waals surface area (Å²) in [7, 11) is 0. The predicted molar refractivity (Wildman–Crippen MR) is 83.5 cm³/mol. The van der Waals surface area contributed by atoms with E-state index in [1.54, 1.807) is 6.07 Å². The van der Waals surface area contributed by atoms with Crippen molar-refractivity contribution in [3.05, 3.63) is 37.4 Å². The predicted octanol–water partition coefficient (Wildman–Crippen LogP) is 2.20. The number of halogens is 1. The molecule has 0 heterocycles. The Morgan fingerprint density at radius 2 is 2.00 bits per heavy atom. The molecule has 1 aromatic rings. The fourth-order valence-corrected chi connectivity index (χ4v) is 2.91. The second-order valence-corrected chi connectivity index (χ2v) is 6.17. The molecule has 7 heteroatoms. The van der Waals surface area contributed by atoms with Crippen molar-refractivity contribution in [3.63, 3.8) is 0 Å². The third kappa shape index (κ3) is 3.66. The Balaban J connectivity index is 2.08. The standard InChI is InChI=1S/C13H16IN3O3/c14-12-6-5-10(17(19)20)7-11(12)13(18)16-9-3-1-8(15)2-4-9/h5-9H,1-4,15H2,(H,16,18). The van der Waals surface area contributed by atoms with E-state index in [9.17, 15) is 14.9 Å². The van der Waals surface area contributed by atoms with Crippen LogP contribution in [-0.2, 0) is 0 Å². The van der Waals surface area contributed by atoms with E-state index in [1.165, 1.54) is 12.1 Å². The summed E-state index contributed by atoms with van der Waals surface area (Å²) in [6, 6.07) is 4.65. The SMILES string of the molecule is NC1CCC(NC(=O)c2cc([N+](=O)[O-])ccc2I)CC1.